The topological polar surface area (TPSA) is 48.5 Å². The highest BCUT2D eigenvalue weighted by Gasteiger charge is 2.22. The van der Waals surface area contributed by atoms with Crippen molar-refractivity contribution >= 4 is 43.6 Å². The van der Waals surface area contributed by atoms with E-state index < -0.39 is 0 Å². The van der Waals surface area contributed by atoms with Crippen LogP contribution in [0, 0.1) is 13.8 Å². The Morgan fingerprint density at radius 2 is 0.879 bits per heavy atom. The summed E-state index contributed by atoms with van der Waals surface area (Å²) in [5, 5.41) is 4.83. The van der Waals surface area contributed by atoms with Gasteiger partial charge in [0.05, 0.1) is 27.8 Å². The zero-order valence-corrected chi connectivity index (χ0v) is 32.1. The molecule has 0 radical (unpaired) electrons. The third-order valence-corrected chi connectivity index (χ3v) is 11.3. The van der Waals surface area contributed by atoms with E-state index in [0.717, 1.165) is 55.7 Å². The average Bonchev–Trinajstić information content (AvgIpc) is 3.79. The summed E-state index contributed by atoms with van der Waals surface area (Å²) in [6.45, 7) is 4.32. The number of hydrogen-bond donors (Lipinski definition) is 0. The minimum atomic E-state index is 0.607. The van der Waals surface area contributed by atoms with Crippen LogP contribution >= 0.6 is 0 Å². The molecule has 0 N–H and O–H groups in total. The van der Waals surface area contributed by atoms with Gasteiger partial charge in [-0.15, -0.1) is 0 Å². The van der Waals surface area contributed by atoms with Crippen molar-refractivity contribution < 1.29 is 0 Å². The van der Waals surface area contributed by atoms with Crippen LogP contribution in [0.4, 0.5) is 0 Å². The first kappa shape index (κ1) is 33.7. The first-order chi connectivity index (χ1) is 28.6. The van der Waals surface area contributed by atoms with Crippen LogP contribution in [0.3, 0.4) is 0 Å². The normalized spacial score (nSPS) is 11.6. The average molecular weight is 744 g/mol. The van der Waals surface area contributed by atoms with Gasteiger partial charge in [-0.2, -0.15) is 0 Å². The molecule has 11 aromatic rings. The summed E-state index contributed by atoms with van der Waals surface area (Å²) in [6.07, 6.45) is 0. The van der Waals surface area contributed by atoms with Gasteiger partial charge in [0.25, 0.3) is 0 Å². The van der Waals surface area contributed by atoms with E-state index in [2.05, 4.69) is 175 Å². The van der Waals surface area contributed by atoms with Crippen molar-refractivity contribution in [3.63, 3.8) is 0 Å². The molecular formula is C53H37N5. The smallest absolute Gasteiger partial charge is 0.166 e. The molecular weight excluding hydrogens is 707 g/mol. The second-order valence-electron chi connectivity index (χ2n) is 15.0. The first-order valence-corrected chi connectivity index (χ1v) is 19.7. The standard InChI is InChI=1S/C53H37N5/c1-34-25-28-42-43-29-26-35(2)32-49(43)58(48(42)31-34)47-30-27-38(40-22-14-23-44-41-21-12-13-24-46(41)57(50(40)44)39-19-10-5-11-20-39)33-45(47)53-55-51(36-15-6-3-7-16-36)54-52(56-53)37-17-8-4-9-18-37/h3-33H,1-2H3. The molecule has 5 heteroatoms. The molecule has 0 saturated carbocycles. The maximum Gasteiger partial charge on any atom is 0.166 e. The zero-order valence-electron chi connectivity index (χ0n) is 32.1. The fourth-order valence-corrected chi connectivity index (χ4v) is 8.60. The molecule has 8 aromatic carbocycles. The van der Waals surface area contributed by atoms with E-state index in [1.54, 1.807) is 0 Å². The predicted octanol–water partition coefficient (Wildman–Crippen LogP) is 13.4. The largest absolute Gasteiger partial charge is 0.309 e. The zero-order chi connectivity index (χ0) is 38.7. The molecule has 0 aliphatic heterocycles. The molecule has 0 aliphatic rings. The summed E-state index contributed by atoms with van der Waals surface area (Å²) in [4.78, 5) is 15.7. The van der Waals surface area contributed by atoms with Crippen LogP contribution in [0.1, 0.15) is 11.1 Å². The lowest BCUT2D eigenvalue weighted by Crippen LogP contribution is -2.04. The van der Waals surface area contributed by atoms with Crippen molar-refractivity contribution in [2.45, 2.75) is 13.8 Å². The van der Waals surface area contributed by atoms with Gasteiger partial charge in [0.2, 0.25) is 0 Å². The molecule has 0 atom stereocenters. The summed E-state index contributed by atoms with van der Waals surface area (Å²) >= 11 is 0. The molecule has 0 saturated heterocycles. The number of hydrogen-bond acceptors (Lipinski definition) is 3. The van der Waals surface area contributed by atoms with Gasteiger partial charge in [0.1, 0.15) is 0 Å². The van der Waals surface area contributed by atoms with Gasteiger partial charge >= 0.3 is 0 Å². The van der Waals surface area contributed by atoms with Crippen molar-refractivity contribution in [2.75, 3.05) is 0 Å². The van der Waals surface area contributed by atoms with E-state index in [-0.39, 0.29) is 0 Å². The van der Waals surface area contributed by atoms with Gasteiger partial charge in [-0.25, -0.2) is 15.0 Å². The minimum absolute atomic E-state index is 0.607. The van der Waals surface area contributed by atoms with Crippen LogP contribution in [0.15, 0.2) is 188 Å². The first-order valence-electron chi connectivity index (χ1n) is 19.7. The SMILES string of the molecule is Cc1ccc2c3ccc(C)cc3n(-c3ccc(-c4cccc5c6ccccc6n(-c6ccccc6)c45)cc3-c3nc(-c4ccccc4)nc(-c4ccccc4)n3)c2c1. The molecule has 0 fully saturated rings. The molecule has 0 aliphatic carbocycles. The third-order valence-electron chi connectivity index (χ3n) is 11.3. The number of fused-ring (bicyclic) bond motifs is 6. The highest BCUT2D eigenvalue weighted by molar-refractivity contribution is 6.14. The van der Waals surface area contributed by atoms with E-state index in [9.17, 15) is 0 Å². The maximum atomic E-state index is 5.32. The molecule has 11 rings (SSSR count). The van der Waals surface area contributed by atoms with E-state index in [1.807, 2.05) is 36.4 Å². The van der Waals surface area contributed by atoms with Crippen LogP contribution in [-0.2, 0) is 0 Å². The van der Waals surface area contributed by atoms with Gasteiger partial charge in [0.15, 0.2) is 17.5 Å². The Balaban J connectivity index is 1.26. The molecule has 3 heterocycles. The fourth-order valence-electron chi connectivity index (χ4n) is 8.60. The predicted molar refractivity (Wildman–Crippen MR) is 240 cm³/mol. The highest BCUT2D eigenvalue weighted by Crippen LogP contribution is 2.42. The van der Waals surface area contributed by atoms with Gasteiger partial charge in [-0.05, 0) is 73.0 Å². The van der Waals surface area contributed by atoms with Gasteiger partial charge in [0, 0.05) is 49.5 Å². The van der Waals surface area contributed by atoms with Crippen LogP contribution in [0.2, 0.25) is 0 Å². The minimum Gasteiger partial charge on any atom is -0.309 e. The van der Waals surface area contributed by atoms with Crippen molar-refractivity contribution in [2.24, 2.45) is 0 Å². The number of para-hydroxylation sites is 3. The summed E-state index contributed by atoms with van der Waals surface area (Å²) in [6, 6.07) is 66.7. The molecule has 0 spiro atoms. The van der Waals surface area contributed by atoms with Crippen LogP contribution in [0.5, 0.6) is 0 Å². The number of aryl methyl sites for hydroxylation is 2. The Labute approximate surface area is 336 Å². The van der Waals surface area contributed by atoms with E-state index in [0.29, 0.717) is 17.5 Å². The molecule has 3 aromatic heterocycles. The number of aromatic nitrogens is 5. The van der Waals surface area contributed by atoms with Crippen LogP contribution in [0.25, 0.3) is 100 Å². The summed E-state index contributed by atoms with van der Waals surface area (Å²) in [5.41, 5.74) is 14.1. The van der Waals surface area contributed by atoms with E-state index in [4.69, 9.17) is 15.0 Å². The van der Waals surface area contributed by atoms with Gasteiger partial charge in [-0.1, -0.05) is 146 Å². The summed E-state index contributed by atoms with van der Waals surface area (Å²) < 4.78 is 4.80. The lowest BCUT2D eigenvalue weighted by molar-refractivity contribution is 1.06. The van der Waals surface area contributed by atoms with Crippen molar-refractivity contribution in [1.29, 1.82) is 0 Å². The summed E-state index contributed by atoms with van der Waals surface area (Å²) in [7, 11) is 0. The Morgan fingerprint density at radius 1 is 0.345 bits per heavy atom. The molecule has 5 nitrogen and oxygen atoms in total. The summed E-state index contributed by atoms with van der Waals surface area (Å²) in [5.74, 6) is 1.86. The van der Waals surface area contributed by atoms with E-state index >= 15 is 0 Å². The molecule has 58 heavy (non-hydrogen) atoms. The third kappa shape index (κ3) is 5.51. The molecule has 274 valence electrons. The fraction of sp³-hybridized carbons (Fsp3) is 0.0377. The van der Waals surface area contributed by atoms with Gasteiger partial charge < -0.3 is 9.13 Å². The second kappa shape index (κ2) is 13.5. The highest BCUT2D eigenvalue weighted by atomic mass is 15.1. The Morgan fingerprint density at radius 3 is 1.52 bits per heavy atom. The maximum absolute atomic E-state index is 5.32. The molecule has 0 amide bonds. The van der Waals surface area contributed by atoms with Crippen molar-refractivity contribution in [3.05, 3.63) is 199 Å². The molecule has 0 bridgehead atoms. The van der Waals surface area contributed by atoms with E-state index in [1.165, 1.54) is 38.2 Å². The lowest BCUT2D eigenvalue weighted by Gasteiger charge is -2.17. The Bertz CT molecular complexity index is 3230. The lowest BCUT2D eigenvalue weighted by atomic mass is 9.98. The van der Waals surface area contributed by atoms with Crippen molar-refractivity contribution in [1.82, 2.24) is 24.1 Å². The second-order valence-corrected chi connectivity index (χ2v) is 15.0. The Kier molecular flexibility index (Phi) is 7.86. The number of rotatable bonds is 6. The molecule has 0 unspecified atom stereocenters. The van der Waals surface area contributed by atoms with Gasteiger partial charge in [-0.3, -0.25) is 0 Å². The number of nitrogens with zero attached hydrogens (tertiary/aromatic N) is 5. The van der Waals surface area contributed by atoms with Crippen LogP contribution in [-0.4, -0.2) is 24.1 Å². The number of benzene rings is 8. The Hall–Kier alpha value is -7.63. The van der Waals surface area contributed by atoms with Crippen molar-refractivity contribution in [3.8, 4) is 56.7 Å². The van der Waals surface area contributed by atoms with Crippen LogP contribution < -0.4 is 0 Å². The quantitative estimate of drug-likeness (QED) is 0.170. The monoisotopic (exact) mass is 743 g/mol.